The molecule has 4 rings (SSSR count). The molecule has 1 saturated heterocycles. The number of aliphatic imine (C=N–C) groups is 1. The zero-order valence-electron chi connectivity index (χ0n) is 17.3. The van der Waals surface area contributed by atoms with Crippen LogP contribution < -0.4 is 20.1 Å². The van der Waals surface area contributed by atoms with Gasteiger partial charge in [-0.25, -0.2) is 0 Å². The Morgan fingerprint density at radius 3 is 2.71 bits per heavy atom. The van der Waals surface area contributed by atoms with E-state index in [1.165, 1.54) is 37.7 Å². The zero-order valence-corrected chi connectivity index (χ0v) is 17.3. The van der Waals surface area contributed by atoms with Gasteiger partial charge in [-0.1, -0.05) is 18.9 Å². The monoisotopic (exact) mass is 387 g/mol. The smallest absolute Gasteiger partial charge is 0.191 e. The zero-order chi connectivity index (χ0) is 19.6. The van der Waals surface area contributed by atoms with Crippen molar-refractivity contribution < 1.29 is 14.2 Å². The number of ether oxygens (including phenoxy) is 3. The molecule has 0 amide bonds. The van der Waals surface area contributed by atoms with Crippen molar-refractivity contribution in [3.8, 4) is 11.5 Å². The molecule has 0 bridgehead atoms. The summed E-state index contributed by atoms with van der Waals surface area (Å²) in [6.45, 7) is 1.74. The Kier molecular flexibility index (Phi) is 5.67. The minimum atomic E-state index is 0.335. The topological polar surface area (TPSA) is 64.1 Å². The molecule has 6 heteroatoms. The number of nitrogens with one attached hydrogen (secondary N) is 2. The van der Waals surface area contributed by atoms with E-state index >= 15 is 0 Å². The van der Waals surface area contributed by atoms with E-state index in [4.69, 9.17) is 14.2 Å². The second-order valence-electron chi connectivity index (χ2n) is 8.24. The molecule has 1 aromatic rings. The Morgan fingerprint density at radius 1 is 1.21 bits per heavy atom. The van der Waals surface area contributed by atoms with Crippen molar-refractivity contribution in [1.82, 2.24) is 10.6 Å². The van der Waals surface area contributed by atoms with E-state index < -0.39 is 0 Å². The van der Waals surface area contributed by atoms with Crippen LogP contribution in [0, 0.1) is 11.3 Å². The quantitative estimate of drug-likeness (QED) is 0.580. The van der Waals surface area contributed by atoms with Gasteiger partial charge >= 0.3 is 0 Å². The van der Waals surface area contributed by atoms with Gasteiger partial charge in [0.05, 0.1) is 20.3 Å². The van der Waals surface area contributed by atoms with E-state index in [0.29, 0.717) is 23.5 Å². The predicted molar refractivity (Wildman–Crippen MR) is 110 cm³/mol. The molecule has 3 atom stereocenters. The van der Waals surface area contributed by atoms with Gasteiger partial charge in [0.2, 0.25) is 0 Å². The summed E-state index contributed by atoms with van der Waals surface area (Å²) in [7, 11) is 5.18. The van der Waals surface area contributed by atoms with E-state index in [1.807, 2.05) is 19.2 Å². The Labute approximate surface area is 168 Å². The van der Waals surface area contributed by atoms with Gasteiger partial charge in [-0.05, 0) is 43.4 Å². The molecule has 2 saturated carbocycles. The van der Waals surface area contributed by atoms with Gasteiger partial charge in [0.1, 0.15) is 0 Å². The molecule has 2 aliphatic carbocycles. The van der Waals surface area contributed by atoms with Crippen molar-refractivity contribution in [2.75, 3.05) is 34.4 Å². The highest BCUT2D eigenvalue weighted by atomic mass is 16.5. The molecule has 1 heterocycles. The molecule has 3 fully saturated rings. The van der Waals surface area contributed by atoms with Gasteiger partial charge in [-0.15, -0.1) is 0 Å². The number of methoxy groups -OCH3 is 2. The Hall–Kier alpha value is -1.95. The van der Waals surface area contributed by atoms with E-state index in [-0.39, 0.29) is 0 Å². The van der Waals surface area contributed by atoms with Gasteiger partial charge in [0, 0.05) is 37.6 Å². The third kappa shape index (κ3) is 3.32. The van der Waals surface area contributed by atoms with Crippen LogP contribution in [0.3, 0.4) is 0 Å². The van der Waals surface area contributed by atoms with E-state index in [9.17, 15) is 0 Å². The first-order chi connectivity index (χ1) is 13.7. The summed E-state index contributed by atoms with van der Waals surface area (Å²) in [5, 5.41) is 7.24. The van der Waals surface area contributed by atoms with Crippen LogP contribution in [0.1, 0.15) is 37.7 Å². The number of fused-ring (bicyclic) bond motifs is 2. The van der Waals surface area contributed by atoms with Crippen molar-refractivity contribution in [3.63, 3.8) is 0 Å². The second-order valence-corrected chi connectivity index (χ2v) is 8.24. The lowest BCUT2D eigenvalue weighted by molar-refractivity contribution is -0.125. The lowest BCUT2D eigenvalue weighted by Crippen LogP contribution is -2.69. The minimum absolute atomic E-state index is 0.335. The van der Waals surface area contributed by atoms with E-state index in [1.54, 1.807) is 14.2 Å². The molecule has 3 aliphatic rings. The molecule has 1 aromatic carbocycles. The Bertz CT molecular complexity index is 715. The van der Waals surface area contributed by atoms with Gasteiger partial charge in [-0.3, -0.25) is 4.99 Å². The maximum absolute atomic E-state index is 6.09. The van der Waals surface area contributed by atoms with Crippen molar-refractivity contribution in [3.05, 3.63) is 23.8 Å². The van der Waals surface area contributed by atoms with Crippen LogP contribution >= 0.6 is 0 Å². The first-order valence-electron chi connectivity index (χ1n) is 10.5. The maximum atomic E-state index is 6.09. The lowest BCUT2D eigenvalue weighted by Gasteiger charge is -2.57. The van der Waals surface area contributed by atoms with Crippen LogP contribution in [-0.2, 0) is 11.2 Å². The summed E-state index contributed by atoms with van der Waals surface area (Å²) in [6.07, 6.45) is 7.77. The highest BCUT2D eigenvalue weighted by molar-refractivity contribution is 5.80. The Balaban J connectivity index is 1.33. The molecule has 154 valence electrons. The van der Waals surface area contributed by atoms with Gasteiger partial charge in [-0.2, -0.15) is 0 Å². The van der Waals surface area contributed by atoms with Crippen molar-refractivity contribution in [2.45, 2.75) is 50.7 Å². The first kappa shape index (κ1) is 19.4. The molecular formula is C22H33N3O3. The third-order valence-electron chi connectivity index (χ3n) is 6.96. The summed E-state index contributed by atoms with van der Waals surface area (Å²) < 4.78 is 16.8. The van der Waals surface area contributed by atoms with E-state index in [0.717, 1.165) is 37.0 Å². The number of nitrogens with zero attached hydrogens (tertiary/aromatic N) is 1. The molecular weight excluding hydrogens is 354 g/mol. The number of hydrogen-bond acceptors (Lipinski definition) is 4. The number of rotatable bonds is 6. The molecule has 1 aliphatic heterocycles. The number of guanidine groups is 1. The Morgan fingerprint density at radius 2 is 2.00 bits per heavy atom. The average Bonchev–Trinajstić information content (AvgIpc) is 3.39. The van der Waals surface area contributed by atoms with Crippen LogP contribution in [0.4, 0.5) is 0 Å². The van der Waals surface area contributed by atoms with Crippen molar-refractivity contribution in [1.29, 1.82) is 0 Å². The highest BCUT2D eigenvalue weighted by Gasteiger charge is 2.65. The van der Waals surface area contributed by atoms with Crippen molar-refractivity contribution in [2.24, 2.45) is 16.3 Å². The summed E-state index contributed by atoms with van der Waals surface area (Å²) in [6, 6.07) is 6.57. The van der Waals surface area contributed by atoms with Gasteiger partial charge in [0.15, 0.2) is 17.5 Å². The first-order valence-corrected chi connectivity index (χ1v) is 10.5. The standard InChI is InChI=1S/C22H33N3O3/c1-23-21(24-12-8-15-6-7-17(26-2)18(14-15)27-3)25-19-16-9-13-28-20(16)22(19)10-4-5-11-22/h6-7,14,16,19-20H,4-5,8-13H2,1-3H3,(H2,23,24,25). The average molecular weight is 388 g/mol. The normalized spacial score (nSPS) is 28.0. The largest absolute Gasteiger partial charge is 0.493 e. The van der Waals surface area contributed by atoms with E-state index in [2.05, 4.69) is 21.7 Å². The SMILES string of the molecule is CN=C(NCCc1ccc(OC)c(OC)c1)NC1C2CCOC2C12CCCC2. The lowest BCUT2D eigenvalue weighted by atomic mass is 9.54. The summed E-state index contributed by atoms with van der Waals surface area (Å²) in [4.78, 5) is 4.48. The maximum Gasteiger partial charge on any atom is 0.191 e. The van der Waals surface area contributed by atoms with Crippen LogP contribution in [0.2, 0.25) is 0 Å². The molecule has 2 N–H and O–H groups in total. The van der Waals surface area contributed by atoms with Crippen molar-refractivity contribution >= 4 is 5.96 Å². The summed E-state index contributed by atoms with van der Waals surface area (Å²) >= 11 is 0. The highest BCUT2D eigenvalue weighted by Crippen LogP contribution is 2.60. The molecule has 1 spiro atoms. The van der Waals surface area contributed by atoms with Crippen LogP contribution in [-0.4, -0.2) is 52.5 Å². The fraction of sp³-hybridized carbons (Fsp3) is 0.682. The van der Waals surface area contributed by atoms with Crippen LogP contribution in [0.25, 0.3) is 0 Å². The summed E-state index contributed by atoms with van der Waals surface area (Å²) in [5.74, 6) is 3.08. The predicted octanol–water partition coefficient (Wildman–Crippen LogP) is 2.76. The van der Waals surface area contributed by atoms with Crippen LogP contribution in [0.5, 0.6) is 11.5 Å². The number of hydrogen-bond donors (Lipinski definition) is 2. The molecule has 3 unspecified atom stereocenters. The third-order valence-corrected chi connectivity index (χ3v) is 6.96. The molecule has 0 radical (unpaired) electrons. The molecule has 28 heavy (non-hydrogen) atoms. The van der Waals surface area contributed by atoms with Gasteiger partial charge in [0.25, 0.3) is 0 Å². The van der Waals surface area contributed by atoms with Gasteiger partial charge < -0.3 is 24.8 Å². The second kappa shape index (κ2) is 8.19. The molecule has 6 nitrogen and oxygen atoms in total. The van der Waals surface area contributed by atoms with Crippen LogP contribution in [0.15, 0.2) is 23.2 Å². The molecule has 0 aromatic heterocycles. The fourth-order valence-corrected chi connectivity index (χ4v) is 5.61. The fourth-order valence-electron chi connectivity index (χ4n) is 5.61. The number of benzene rings is 1. The minimum Gasteiger partial charge on any atom is -0.493 e. The summed E-state index contributed by atoms with van der Waals surface area (Å²) in [5.41, 5.74) is 1.54.